The monoisotopic (exact) mass is 280 g/mol. The first kappa shape index (κ1) is 13.8. The molecule has 0 unspecified atom stereocenters. The van der Waals surface area contributed by atoms with Gasteiger partial charge < -0.3 is 4.90 Å². The van der Waals surface area contributed by atoms with Crippen LogP contribution in [-0.2, 0) is 17.8 Å². The molecule has 108 valence electrons. The number of amides is 1. The Morgan fingerprint density at radius 2 is 1.76 bits per heavy atom. The highest BCUT2D eigenvalue weighted by molar-refractivity contribution is 5.81. The summed E-state index contributed by atoms with van der Waals surface area (Å²) in [5.74, 6) is 0.574. The van der Waals surface area contributed by atoms with Gasteiger partial charge >= 0.3 is 0 Å². The Morgan fingerprint density at radius 1 is 1.05 bits per heavy atom. The van der Waals surface area contributed by atoms with Gasteiger partial charge in [-0.25, -0.2) is 0 Å². The number of rotatable bonds is 6. The summed E-state index contributed by atoms with van der Waals surface area (Å²) in [4.78, 5) is 18.5. The molecule has 2 aromatic rings. The SMILES string of the molecule is O=C(C1CC1)N(CCc1ccccc1)Cc1ccncc1. The van der Waals surface area contributed by atoms with Crippen LogP contribution >= 0.6 is 0 Å². The zero-order chi connectivity index (χ0) is 14.5. The van der Waals surface area contributed by atoms with E-state index >= 15 is 0 Å². The molecule has 1 fully saturated rings. The molecular weight excluding hydrogens is 260 g/mol. The maximum atomic E-state index is 12.4. The van der Waals surface area contributed by atoms with Crippen molar-refractivity contribution < 1.29 is 4.79 Å². The molecule has 0 saturated heterocycles. The van der Waals surface area contributed by atoms with Crippen LogP contribution < -0.4 is 0 Å². The number of carbonyl (C=O) groups excluding carboxylic acids is 1. The maximum absolute atomic E-state index is 12.4. The van der Waals surface area contributed by atoms with Gasteiger partial charge in [-0.05, 0) is 42.5 Å². The van der Waals surface area contributed by atoms with E-state index in [0.29, 0.717) is 12.5 Å². The number of pyridine rings is 1. The summed E-state index contributed by atoms with van der Waals surface area (Å²) in [5.41, 5.74) is 2.42. The second-order valence-electron chi connectivity index (χ2n) is 5.63. The standard InChI is InChI=1S/C18H20N2O/c21-18(17-6-7-17)20(14-16-8-11-19-12-9-16)13-10-15-4-2-1-3-5-15/h1-5,8-9,11-12,17H,6-7,10,13-14H2. The lowest BCUT2D eigenvalue weighted by molar-refractivity contribution is -0.133. The van der Waals surface area contributed by atoms with E-state index in [2.05, 4.69) is 17.1 Å². The molecule has 0 aliphatic heterocycles. The van der Waals surface area contributed by atoms with Crippen LogP contribution in [0.1, 0.15) is 24.0 Å². The van der Waals surface area contributed by atoms with E-state index < -0.39 is 0 Å². The molecule has 1 aromatic heterocycles. The molecule has 0 radical (unpaired) electrons. The average Bonchev–Trinajstić information content (AvgIpc) is 3.37. The molecule has 0 atom stereocenters. The third-order valence-electron chi connectivity index (χ3n) is 3.87. The van der Waals surface area contributed by atoms with Crippen molar-refractivity contribution >= 4 is 5.91 Å². The predicted molar refractivity (Wildman–Crippen MR) is 82.5 cm³/mol. The molecule has 0 bridgehead atoms. The Morgan fingerprint density at radius 3 is 2.43 bits per heavy atom. The second-order valence-corrected chi connectivity index (χ2v) is 5.63. The first-order valence-electron chi connectivity index (χ1n) is 7.54. The number of benzene rings is 1. The number of nitrogens with zero attached hydrogens (tertiary/aromatic N) is 2. The lowest BCUT2D eigenvalue weighted by Crippen LogP contribution is -2.33. The normalized spacial score (nSPS) is 13.9. The zero-order valence-corrected chi connectivity index (χ0v) is 12.1. The molecule has 3 rings (SSSR count). The first-order chi connectivity index (χ1) is 10.3. The van der Waals surface area contributed by atoms with Crippen molar-refractivity contribution in [2.45, 2.75) is 25.8 Å². The van der Waals surface area contributed by atoms with Crippen molar-refractivity contribution in [2.24, 2.45) is 5.92 Å². The Balaban J connectivity index is 1.65. The van der Waals surface area contributed by atoms with Gasteiger partial charge in [0, 0.05) is 31.4 Å². The lowest BCUT2D eigenvalue weighted by atomic mass is 10.1. The van der Waals surface area contributed by atoms with Crippen LogP contribution in [0.4, 0.5) is 0 Å². The fourth-order valence-electron chi connectivity index (χ4n) is 2.47. The van der Waals surface area contributed by atoms with Crippen molar-refractivity contribution in [2.75, 3.05) is 6.54 Å². The Hall–Kier alpha value is -2.16. The largest absolute Gasteiger partial charge is 0.338 e. The molecule has 1 aromatic carbocycles. The van der Waals surface area contributed by atoms with Crippen LogP contribution in [0, 0.1) is 5.92 Å². The molecule has 1 saturated carbocycles. The number of aromatic nitrogens is 1. The van der Waals surface area contributed by atoms with Crippen molar-refractivity contribution in [1.29, 1.82) is 0 Å². The van der Waals surface area contributed by atoms with Crippen molar-refractivity contribution in [3.8, 4) is 0 Å². The topological polar surface area (TPSA) is 33.2 Å². The molecule has 0 spiro atoms. The van der Waals surface area contributed by atoms with Gasteiger partial charge in [0.25, 0.3) is 0 Å². The van der Waals surface area contributed by atoms with Crippen molar-refractivity contribution in [3.05, 3.63) is 66.0 Å². The molecule has 3 nitrogen and oxygen atoms in total. The third kappa shape index (κ3) is 3.91. The van der Waals surface area contributed by atoms with Gasteiger partial charge in [-0.15, -0.1) is 0 Å². The van der Waals surface area contributed by atoms with E-state index in [0.717, 1.165) is 31.4 Å². The lowest BCUT2D eigenvalue weighted by Gasteiger charge is -2.23. The summed E-state index contributed by atoms with van der Waals surface area (Å²) in [7, 11) is 0. The van der Waals surface area contributed by atoms with Crippen molar-refractivity contribution in [1.82, 2.24) is 9.88 Å². The molecule has 0 N–H and O–H groups in total. The van der Waals surface area contributed by atoms with Gasteiger partial charge in [-0.3, -0.25) is 9.78 Å². The predicted octanol–water partition coefficient (Wildman–Crippen LogP) is 3.06. The van der Waals surface area contributed by atoms with E-state index in [1.807, 2.05) is 35.2 Å². The quantitative estimate of drug-likeness (QED) is 0.814. The molecule has 1 aliphatic rings. The van der Waals surface area contributed by atoms with E-state index in [9.17, 15) is 4.79 Å². The molecule has 3 heteroatoms. The maximum Gasteiger partial charge on any atom is 0.225 e. The summed E-state index contributed by atoms with van der Waals surface area (Å²) in [5, 5.41) is 0. The van der Waals surface area contributed by atoms with E-state index in [1.54, 1.807) is 12.4 Å². The highest BCUT2D eigenvalue weighted by Gasteiger charge is 2.33. The van der Waals surface area contributed by atoms with Crippen LogP contribution in [0.3, 0.4) is 0 Å². The highest BCUT2D eigenvalue weighted by atomic mass is 16.2. The van der Waals surface area contributed by atoms with Gasteiger partial charge in [0.2, 0.25) is 5.91 Å². The number of hydrogen-bond donors (Lipinski definition) is 0. The summed E-state index contributed by atoms with van der Waals surface area (Å²) in [6, 6.07) is 14.3. The van der Waals surface area contributed by atoms with Gasteiger partial charge in [0.15, 0.2) is 0 Å². The van der Waals surface area contributed by atoms with E-state index in [-0.39, 0.29) is 5.92 Å². The molecular formula is C18H20N2O. The van der Waals surface area contributed by atoms with Crippen LogP contribution in [-0.4, -0.2) is 22.3 Å². The molecule has 21 heavy (non-hydrogen) atoms. The average molecular weight is 280 g/mol. The van der Waals surface area contributed by atoms with Gasteiger partial charge in [-0.1, -0.05) is 30.3 Å². The smallest absolute Gasteiger partial charge is 0.225 e. The fourth-order valence-corrected chi connectivity index (χ4v) is 2.47. The van der Waals surface area contributed by atoms with Crippen LogP contribution in [0.2, 0.25) is 0 Å². The number of carbonyl (C=O) groups is 1. The fraction of sp³-hybridized carbons (Fsp3) is 0.333. The van der Waals surface area contributed by atoms with Crippen LogP contribution in [0.25, 0.3) is 0 Å². The Bertz CT molecular complexity index is 579. The summed E-state index contributed by atoms with van der Waals surface area (Å²) < 4.78 is 0. The summed E-state index contributed by atoms with van der Waals surface area (Å²) in [6.45, 7) is 1.46. The Kier molecular flexibility index (Phi) is 4.29. The minimum atomic E-state index is 0.266. The third-order valence-corrected chi connectivity index (χ3v) is 3.87. The summed E-state index contributed by atoms with van der Waals surface area (Å²) >= 11 is 0. The highest BCUT2D eigenvalue weighted by Crippen LogP contribution is 2.31. The first-order valence-corrected chi connectivity index (χ1v) is 7.54. The van der Waals surface area contributed by atoms with E-state index in [4.69, 9.17) is 0 Å². The van der Waals surface area contributed by atoms with Crippen LogP contribution in [0.5, 0.6) is 0 Å². The Labute approximate surface area is 125 Å². The van der Waals surface area contributed by atoms with Crippen LogP contribution in [0.15, 0.2) is 54.9 Å². The molecule has 1 amide bonds. The number of hydrogen-bond acceptors (Lipinski definition) is 2. The molecule has 1 aliphatic carbocycles. The second kappa shape index (κ2) is 6.53. The van der Waals surface area contributed by atoms with Gasteiger partial charge in [0.1, 0.15) is 0 Å². The van der Waals surface area contributed by atoms with E-state index in [1.165, 1.54) is 5.56 Å². The van der Waals surface area contributed by atoms with Gasteiger partial charge in [-0.2, -0.15) is 0 Å². The summed E-state index contributed by atoms with van der Waals surface area (Å²) in [6.07, 6.45) is 6.58. The molecule has 1 heterocycles. The minimum absolute atomic E-state index is 0.266. The van der Waals surface area contributed by atoms with Gasteiger partial charge in [0.05, 0.1) is 0 Å². The van der Waals surface area contributed by atoms with Crippen molar-refractivity contribution in [3.63, 3.8) is 0 Å². The zero-order valence-electron chi connectivity index (χ0n) is 12.1. The minimum Gasteiger partial charge on any atom is -0.338 e.